The predicted octanol–water partition coefficient (Wildman–Crippen LogP) is 3.80. The Morgan fingerprint density at radius 3 is 2.83 bits per heavy atom. The number of rotatable bonds is 5. The summed E-state index contributed by atoms with van der Waals surface area (Å²) in [6, 6.07) is 5.67. The normalized spacial score (nSPS) is 16.1. The van der Waals surface area contributed by atoms with Crippen molar-refractivity contribution in [1.29, 1.82) is 0 Å². The van der Waals surface area contributed by atoms with Crippen LogP contribution < -0.4 is 5.32 Å². The van der Waals surface area contributed by atoms with Crippen LogP contribution in [0.25, 0.3) is 22.5 Å². The van der Waals surface area contributed by atoms with Crippen LogP contribution in [0.3, 0.4) is 0 Å². The Labute approximate surface area is 182 Å². The molecule has 0 spiro atoms. The van der Waals surface area contributed by atoms with Gasteiger partial charge in [-0.3, -0.25) is 4.79 Å². The van der Waals surface area contributed by atoms with Crippen molar-refractivity contribution < 1.29 is 9.21 Å². The highest BCUT2D eigenvalue weighted by atomic mass is 35.5. The average molecular weight is 440 g/mol. The maximum atomic E-state index is 13.3. The zero-order valence-electron chi connectivity index (χ0n) is 16.8. The number of aromatic nitrogens is 3. The molecule has 0 radical (unpaired) electrons. The Hall–Kier alpha value is -2.09. The van der Waals surface area contributed by atoms with E-state index in [1.807, 2.05) is 34.8 Å². The van der Waals surface area contributed by atoms with Gasteiger partial charge in [0, 0.05) is 19.1 Å². The van der Waals surface area contributed by atoms with Gasteiger partial charge in [0.05, 0.1) is 23.4 Å². The van der Waals surface area contributed by atoms with Gasteiger partial charge < -0.3 is 14.6 Å². The van der Waals surface area contributed by atoms with E-state index in [2.05, 4.69) is 24.3 Å². The largest absolute Gasteiger partial charge is 0.463 e. The first-order chi connectivity index (χ1) is 13.1. The molecule has 0 aromatic carbocycles. The third-order valence-corrected chi connectivity index (χ3v) is 5.13. The fraction of sp³-hybridized carbons (Fsp3) is 0.450. The van der Waals surface area contributed by atoms with E-state index in [1.54, 1.807) is 12.5 Å². The van der Waals surface area contributed by atoms with Gasteiger partial charge in [-0.05, 0) is 58.0 Å². The lowest BCUT2D eigenvalue weighted by Gasteiger charge is -2.18. The highest BCUT2D eigenvalue weighted by molar-refractivity contribution is 6.06. The fourth-order valence-electron chi connectivity index (χ4n) is 3.77. The Morgan fingerprint density at radius 2 is 2.17 bits per heavy atom. The molecule has 1 saturated heterocycles. The van der Waals surface area contributed by atoms with E-state index in [-0.39, 0.29) is 36.8 Å². The number of pyridine rings is 1. The number of nitrogens with zero attached hydrogens (tertiary/aromatic N) is 4. The van der Waals surface area contributed by atoms with Crippen LogP contribution >= 0.6 is 24.8 Å². The van der Waals surface area contributed by atoms with E-state index in [0.717, 1.165) is 31.4 Å². The van der Waals surface area contributed by atoms with Crippen molar-refractivity contribution in [2.75, 3.05) is 26.7 Å². The van der Waals surface area contributed by atoms with Crippen molar-refractivity contribution in [3.05, 3.63) is 36.2 Å². The summed E-state index contributed by atoms with van der Waals surface area (Å²) in [4.78, 5) is 20.0. The number of halogens is 2. The second kappa shape index (κ2) is 9.61. The SMILES string of the molecule is CNCC1CCN(C(=O)c2cc(-c3ccco3)nc3c2cnn3C(C)C)C1.Cl.Cl. The van der Waals surface area contributed by atoms with Gasteiger partial charge in [-0.25, -0.2) is 9.67 Å². The molecule has 1 fully saturated rings. The van der Waals surface area contributed by atoms with Crippen molar-refractivity contribution in [3.63, 3.8) is 0 Å². The molecular formula is C20H27Cl2N5O2. The topological polar surface area (TPSA) is 76.2 Å². The molecule has 7 nitrogen and oxygen atoms in total. The molecule has 0 bridgehead atoms. The van der Waals surface area contributed by atoms with Crippen LogP contribution in [0.2, 0.25) is 0 Å². The monoisotopic (exact) mass is 439 g/mol. The van der Waals surface area contributed by atoms with Gasteiger partial charge in [0.15, 0.2) is 11.4 Å². The van der Waals surface area contributed by atoms with Crippen molar-refractivity contribution in [3.8, 4) is 11.5 Å². The number of amides is 1. The zero-order chi connectivity index (χ0) is 19.0. The standard InChI is InChI=1S/C20H25N5O2.2ClH/c1-13(2)25-19-16(11-22-25)15(9-17(23-19)18-5-4-8-27-18)20(26)24-7-6-14(12-24)10-21-3;;/h4-5,8-9,11,13-14,21H,6-7,10,12H2,1-3H3;2*1H. The van der Waals surface area contributed by atoms with Crippen LogP contribution in [0, 0.1) is 5.92 Å². The molecule has 3 aromatic heterocycles. The van der Waals surface area contributed by atoms with Gasteiger partial charge in [0.2, 0.25) is 0 Å². The van der Waals surface area contributed by atoms with Gasteiger partial charge >= 0.3 is 0 Å². The minimum absolute atomic E-state index is 0. The third-order valence-electron chi connectivity index (χ3n) is 5.13. The minimum atomic E-state index is 0. The smallest absolute Gasteiger partial charge is 0.254 e. The second-order valence-electron chi connectivity index (χ2n) is 7.42. The summed E-state index contributed by atoms with van der Waals surface area (Å²) in [5.74, 6) is 1.19. The average Bonchev–Trinajstić information content (AvgIpc) is 3.40. The summed E-state index contributed by atoms with van der Waals surface area (Å²) in [6.07, 6.45) is 4.39. The Morgan fingerprint density at radius 1 is 1.38 bits per heavy atom. The Bertz CT molecular complexity index is 955. The molecule has 4 rings (SSSR count). The van der Waals surface area contributed by atoms with Crippen molar-refractivity contribution in [2.45, 2.75) is 26.3 Å². The molecule has 1 aliphatic heterocycles. The Kier molecular flexibility index (Phi) is 7.68. The molecule has 158 valence electrons. The number of nitrogens with one attached hydrogen (secondary N) is 1. The van der Waals surface area contributed by atoms with Crippen LogP contribution in [0.15, 0.2) is 35.1 Å². The summed E-state index contributed by atoms with van der Waals surface area (Å²) >= 11 is 0. The summed E-state index contributed by atoms with van der Waals surface area (Å²) < 4.78 is 7.38. The molecule has 4 heterocycles. The predicted molar refractivity (Wildman–Crippen MR) is 118 cm³/mol. The number of carbonyl (C=O) groups is 1. The van der Waals surface area contributed by atoms with Crippen LogP contribution in [0.4, 0.5) is 0 Å². The summed E-state index contributed by atoms with van der Waals surface area (Å²) in [5.41, 5.74) is 2.01. The summed E-state index contributed by atoms with van der Waals surface area (Å²) in [7, 11) is 1.95. The van der Waals surface area contributed by atoms with Gasteiger partial charge in [-0.15, -0.1) is 24.8 Å². The number of hydrogen-bond donors (Lipinski definition) is 1. The number of carbonyl (C=O) groups excluding carboxylic acids is 1. The maximum Gasteiger partial charge on any atom is 0.254 e. The van der Waals surface area contributed by atoms with E-state index < -0.39 is 0 Å². The molecule has 29 heavy (non-hydrogen) atoms. The molecule has 0 saturated carbocycles. The number of hydrogen-bond acceptors (Lipinski definition) is 5. The lowest BCUT2D eigenvalue weighted by Crippen LogP contribution is -2.30. The fourth-order valence-corrected chi connectivity index (χ4v) is 3.77. The molecule has 9 heteroatoms. The molecule has 1 unspecified atom stereocenters. The molecule has 0 aliphatic carbocycles. The van der Waals surface area contributed by atoms with Crippen molar-refractivity contribution in [2.24, 2.45) is 5.92 Å². The minimum Gasteiger partial charge on any atom is -0.463 e. The van der Waals surface area contributed by atoms with Gasteiger partial charge in [0.25, 0.3) is 5.91 Å². The lowest BCUT2D eigenvalue weighted by atomic mass is 10.1. The Balaban J connectivity index is 0.00000150. The highest BCUT2D eigenvalue weighted by Crippen LogP contribution is 2.28. The van der Waals surface area contributed by atoms with Gasteiger partial charge in [0.1, 0.15) is 5.69 Å². The highest BCUT2D eigenvalue weighted by Gasteiger charge is 2.29. The zero-order valence-corrected chi connectivity index (χ0v) is 18.4. The van der Waals surface area contributed by atoms with E-state index in [9.17, 15) is 4.79 Å². The molecule has 1 N–H and O–H groups in total. The number of fused-ring (bicyclic) bond motifs is 1. The van der Waals surface area contributed by atoms with E-state index in [1.165, 1.54) is 0 Å². The summed E-state index contributed by atoms with van der Waals surface area (Å²) in [5, 5.41) is 8.48. The van der Waals surface area contributed by atoms with Crippen molar-refractivity contribution in [1.82, 2.24) is 25.0 Å². The molecular weight excluding hydrogens is 413 g/mol. The van der Waals surface area contributed by atoms with Crippen LogP contribution in [-0.4, -0.2) is 52.3 Å². The van der Waals surface area contributed by atoms with E-state index in [4.69, 9.17) is 9.40 Å². The van der Waals surface area contributed by atoms with Gasteiger partial charge in [-0.1, -0.05) is 0 Å². The molecule has 1 amide bonds. The summed E-state index contributed by atoms with van der Waals surface area (Å²) in [6.45, 7) is 6.59. The first-order valence-corrected chi connectivity index (χ1v) is 9.44. The maximum absolute atomic E-state index is 13.3. The molecule has 3 aromatic rings. The quantitative estimate of drug-likeness (QED) is 0.653. The first-order valence-electron chi connectivity index (χ1n) is 9.44. The van der Waals surface area contributed by atoms with E-state index in [0.29, 0.717) is 28.6 Å². The molecule has 1 atom stereocenters. The third kappa shape index (κ3) is 4.42. The number of likely N-dealkylation sites (tertiary alicyclic amines) is 1. The van der Waals surface area contributed by atoms with E-state index >= 15 is 0 Å². The lowest BCUT2D eigenvalue weighted by molar-refractivity contribution is 0.0789. The van der Waals surface area contributed by atoms with Gasteiger partial charge in [-0.2, -0.15) is 5.10 Å². The van der Waals surface area contributed by atoms with Crippen LogP contribution in [-0.2, 0) is 0 Å². The van der Waals surface area contributed by atoms with Crippen LogP contribution in [0.1, 0.15) is 36.7 Å². The second-order valence-corrected chi connectivity index (χ2v) is 7.42. The molecule has 1 aliphatic rings. The number of furan rings is 1. The van der Waals surface area contributed by atoms with Crippen molar-refractivity contribution >= 4 is 41.8 Å². The van der Waals surface area contributed by atoms with Crippen LogP contribution in [0.5, 0.6) is 0 Å². The first kappa shape index (κ1) is 23.2.